The molecule has 0 saturated carbocycles. The predicted octanol–water partition coefficient (Wildman–Crippen LogP) is 2.26. The van der Waals surface area contributed by atoms with E-state index in [2.05, 4.69) is 12.2 Å². The quantitative estimate of drug-likeness (QED) is 0.607. The van der Waals surface area contributed by atoms with Crippen molar-refractivity contribution in [3.05, 3.63) is 0 Å². The Morgan fingerprint density at radius 2 is 1.71 bits per heavy atom. The molecule has 0 aromatic rings. The summed E-state index contributed by atoms with van der Waals surface area (Å²) in [6.07, 6.45) is 8.70. The number of carboxylic acids is 1. The number of carbonyl (C=O) groups is 2. The van der Waals surface area contributed by atoms with Crippen molar-refractivity contribution in [3.8, 4) is 0 Å². The van der Waals surface area contributed by atoms with E-state index in [1.165, 1.54) is 32.1 Å². The number of aliphatic carboxylic acids is 1. The number of carboxylic acid groups (broad SMARTS) is 1. The third kappa shape index (κ3) is 7.46. The van der Waals surface area contributed by atoms with Crippen LogP contribution < -0.4 is 5.32 Å². The van der Waals surface area contributed by atoms with Gasteiger partial charge in [0, 0.05) is 13.1 Å². The zero-order chi connectivity index (χ0) is 15.5. The highest BCUT2D eigenvalue weighted by Gasteiger charge is 2.26. The Morgan fingerprint density at radius 3 is 2.33 bits per heavy atom. The fraction of sp³-hybridized carbons (Fsp3) is 0.875. The number of amides is 1. The van der Waals surface area contributed by atoms with E-state index < -0.39 is 5.97 Å². The van der Waals surface area contributed by atoms with Crippen LogP contribution in [0.25, 0.3) is 0 Å². The van der Waals surface area contributed by atoms with Crippen LogP contribution in [0.2, 0.25) is 0 Å². The van der Waals surface area contributed by atoms with E-state index in [0.717, 1.165) is 13.0 Å². The van der Waals surface area contributed by atoms with Crippen LogP contribution in [0.1, 0.15) is 58.3 Å². The van der Waals surface area contributed by atoms with Crippen LogP contribution in [-0.2, 0) is 9.59 Å². The Balaban J connectivity index is 2.00. The predicted molar refractivity (Wildman–Crippen MR) is 83.2 cm³/mol. The molecule has 5 heteroatoms. The molecule has 0 spiro atoms. The summed E-state index contributed by atoms with van der Waals surface area (Å²) in [7, 11) is 0. The standard InChI is InChI=1S/C16H30N2O3/c1-2-3-4-5-6-7-10-17-13-15(19)18-11-8-14(9-12-18)16(20)21/h14,17H,2-13H2,1H3,(H,20,21). The number of carbonyl (C=O) groups excluding carboxylic acids is 1. The molecule has 0 aromatic heterocycles. The molecule has 1 saturated heterocycles. The monoisotopic (exact) mass is 298 g/mol. The van der Waals surface area contributed by atoms with E-state index in [1.807, 2.05) is 0 Å². The summed E-state index contributed by atoms with van der Waals surface area (Å²) < 4.78 is 0. The Kier molecular flexibility index (Phi) is 9.06. The third-order valence-corrected chi connectivity index (χ3v) is 4.18. The lowest BCUT2D eigenvalue weighted by Gasteiger charge is -2.30. The van der Waals surface area contributed by atoms with Crippen LogP contribution in [0.4, 0.5) is 0 Å². The topological polar surface area (TPSA) is 69.6 Å². The highest BCUT2D eigenvalue weighted by molar-refractivity contribution is 5.78. The van der Waals surface area contributed by atoms with Crippen molar-refractivity contribution < 1.29 is 14.7 Å². The fourth-order valence-electron chi connectivity index (χ4n) is 2.71. The van der Waals surface area contributed by atoms with Gasteiger partial charge in [0.15, 0.2) is 0 Å². The molecule has 1 heterocycles. The largest absolute Gasteiger partial charge is 0.481 e. The zero-order valence-corrected chi connectivity index (χ0v) is 13.3. The van der Waals surface area contributed by atoms with E-state index in [0.29, 0.717) is 32.5 Å². The van der Waals surface area contributed by atoms with Gasteiger partial charge in [-0.1, -0.05) is 39.0 Å². The first-order valence-corrected chi connectivity index (χ1v) is 8.36. The Hall–Kier alpha value is -1.10. The van der Waals surface area contributed by atoms with Gasteiger partial charge in [-0.3, -0.25) is 9.59 Å². The van der Waals surface area contributed by atoms with Gasteiger partial charge >= 0.3 is 5.97 Å². The van der Waals surface area contributed by atoms with Crippen LogP contribution >= 0.6 is 0 Å². The molecule has 1 aliphatic heterocycles. The van der Waals surface area contributed by atoms with Crippen molar-refractivity contribution >= 4 is 11.9 Å². The molecule has 1 aliphatic rings. The lowest BCUT2D eigenvalue weighted by atomic mass is 9.97. The van der Waals surface area contributed by atoms with Gasteiger partial charge < -0.3 is 15.3 Å². The minimum atomic E-state index is -0.733. The molecular formula is C16H30N2O3. The maximum Gasteiger partial charge on any atom is 0.306 e. The second kappa shape index (κ2) is 10.6. The second-order valence-electron chi connectivity index (χ2n) is 5.94. The molecule has 0 atom stereocenters. The number of rotatable bonds is 10. The third-order valence-electron chi connectivity index (χ3n) is 4.18. The van der Waals surface area contributed by atoms with Gasteiger partial charge in [0.2, 0.25) is 5.91 Å². The Bertz CT molecular complexity index is 313. The van der Waals surface area contributed by atoms with Crippen molar-refractivity contribution in [3.63, 3.8) is 0 Å². The van der Waals surface area contributed by atoms with Crippen LogP contribution in [-0.4, -0.2) is 48.1 Å². The summed E-state index contributed by atoms with van der Waals surface area (Å²) in [5.74, 6) is -0.904. The van der Waals surface area contributed by atoms with Crippen molar-refractivity contribution in [2.75, 3.05) is 26.2 Å². The molecule has 1 rings (SSSR count). The summed E-state index contributed by atoms with van der Waals surface area (Å²) in [6.45, 7) is 4.64. The van der Waals surface area contributed by atoms with Crippen molar-refractivity contribution in [2.45, 2.75) is 58.3 Å². The molecule has 1 fully saturated rings. The number of piperidine rings is 1. The summed E-state index contributed by atoms with van der Waals surface area (Å²) >= 11 is 0. The van der Waals surface area contributed by atoms with E-state index >= 15 is 0 Å². The number of likely N-dealkylation sites (tertiary alicyclic amines) is 1. The molecule has 2 N–H and O–H groups in total. The van der Waals surface area contributed by atoms with Gasteiger partial charge in [-0.15, -0.1) is 0 Å². The maximum absolute atomic E-state index is 12.0. The molecule has 0 aromatic carbocycles. The highest BCUT2D eigenvalue weighted by Crippen LogP contribution is 2.17. The van der Waals surface area contributed by atoms with Gasteiger partial charge in [0.25, 0.3) is 0 Å². The average Bonchev–Trinajstić information content (AvgIpc) is 2.49. The molecule has 21 heavy (non-hydrogen) atoms. The molecule has 5 nitrogen and oxygen atoms in total. The summed E-state index contributed by atoms with van der Waals surface area (Å²) in [5, 5.41) is 12.1. The number of nitrogens with one attached hydrogen (secondary N) is 1. The van der Waals surface area contributed by atoms with Crippen LogP contribution in [0.15, 0.2) is 0 Å². The molecule has 1 amide bonds. The van der Waals surface area contributed by atoms with E-state index in [-0.39, 0.29) is 11.8 Å². The minimum absolute atomic E-state index is 0.102. The summed E-state index contributed by atoms with van der Waals surface area (Å²) in [5.41, 5.74) is 0. The zero-order valence-electron chi connectivity index (χ0n) is 13.3. The first-order valence-electron chi connectivity index (χ1n) is 8.36. The maximum atomic E-state index is 12.0. The molecule has 0 bridgehead atoms. The van der Waals surface area contributed by atoms with Crippen molar-refractivity contribution in [1.82, 2.24) is 10.2 Å². The number of unbranched alkanes of at least 4 members (excludes halogenated alkanes) is 5. The highest BCUT2D eigenvalue weighted by atomic mass is 16.4. The molecule has 0 aliphatic carbocycles. The van der Waals surface area contributed by atoms with E-state index in [9.17, 15) is 9.59 Å². The normalized spacial score (nSPS) is 16.1. The molecule has 0 unspecified atom stereocenters. The number of nitrogens with zero attached hydrogens (tertiary/aromatic N) is 1. The van der Waals surface area contributed by atoms with Gasteiger partial charge in [-0.2, -0.15) is 0 Å². The van der Waals surface area contributed by atoms with Gasteiger partial charge in [0.05, 0.1) is 12.5 Å². The number of hydrogen-bond acceptors (Lipinski definition) is 3. The molecular weight excluding hydrogens is 268 g/mol. The van der Waals surface area contributed by atoms with Crippen LogP contribution in [0, 0.1) is 5.92 Å². The molecule has 122 valence electrons. The first kappa shape index (κ1) is 18.0. The van der Waals surface area contributed by atoms with Gasteiger partial charge in [-0.05, 0) is 25.8 Å². The Morgan fingerprint density at radius 1 is 1.10 bits per heavy atom. The van der Waals surface area contributed by atoms with Gasteiger partial charge in [-0.25, -0.2) is 0 Å². The van der Waals surface area contributed by atoms with Crippen molar-refractivity contribution in [2.24, 2.45) is 5.92 Å². The van der Waals surface area contributed by atoms with E-state index in [4.69, 9.17) is 5.11 Å². The Labute approximate surface area is 128 Å². The number of hydrogen-bond donors (Lipinski definition) is 2. The first-order chi connectivity index (χ1) is 10.1. The molecule has 0 radical (unpaired) electrons. The lowest BCUT2D eigenvalue weighted by Crippen LogP contribution is -2.44. The smallest absolute Gasteiger partial charge is 0.306 e. The summed E-state index contributed by atoms with van der Waals surface area (Å²) in [4.78, 5) is 24.6. The fourth-order valence-corrected chi connectivity index (χ4v) is 2.71. The van der Waals surface area contributed by atoms with E-state index in [1.54, 1.807) is 4.90 Å². The SMILES string of the molecule is CCCCCCCCNCC(=O)N1CCC(C(=O)O)CC1. The second-order valence-corrected chi connectivity index (χ2v) is 5.94. The summed E-state index contributed by atoms with van der Waals surface area (Å²) in [6, 6.07) is 0. The lowest BCUT2D eigenvalue weighted by molar-refractivity contribution is -0.145. The van der Waals surface area contributed by atoms with Gasteiger partial charge in [0.1, 0.15) is 0 Å². The van der Waals surface area contributed by atoms with Crippen LogP contribution in [0.5, 0.6) is 0 Å². The van der Waals surface area contributed by atoms with Crippen molar-refractivity contribution in [1.29, 1.82) is 0 Å². The average molecular weight is 298 g/mol. The van der Waals surface area contributed by atoms with Crippen LogP contribution in [0.3, 0.4) is 0 Å². The minimum Gasteiger partial charge on any atom is -0.481 e.